The maximum atomic E-state index is 11.2. The number of aromatic nitrogens is 1. The number of halogens is 2. The number of nitrogens with one attached hydrogen (secondary N) is 2. The molecular weight excluding hydrogens is 325 g/mol. The SMILES string of the molecule is CCC(=O)NC(=S)Nc1nc2c(Cl)c(Cl)ccc2s1. The van der Waals surface area contributed by atoms with E-state index in [2.05, 4.69) is 15.6 Å². The van der Waals surface area contributed by atoms with Gasteiger partial charge >= 0.3 is 0 Å². The molecule has 2 aromatic rings. The number of hydrogen-bond donors (Lipinski definition) is 2. The molecule has 2 N–H and O–H groups in total. The van der Waals surface area contributed by atoms with Crippen LogP contribution in [0.25, 0.3) is 10.2 Å². The Labute approximate surface area is 129 Å². The standard InChI is InChI=1S/C11H9Cl2N3OS2/c1-2-7(17)14-10(18)16-11-15-9-6(19-11)4-3-5(12)8(9)13/h3-4H,2H2,1H3,(H2,14,15,16,17,18). The number of fused-ring (bicyclic) bond motifs is 1. The van der Waals surface area contributed by atoms with Crippen LogP contribution in [0.5, 0.6) is 0 Å². The lowest BCUT2D eigenvalue weighted by Crippen LogP contribution is -2.33. The van der Waals surface area contributed by atoms with E-state index in [9.17, 15) is 4.79 Å². The summed E-state index contributed by atoms with van der Waals surface area (Å²) in [6.07, 6.45) is 0.364. The number of hydrogen-bond acceptors (Lipinski definition) is 4. The molecular formula is C11H9Cl2N3OS2. The zero-order valence-electron chi connectivity index (χ0n) is 9.79. The van der Waals surface area contributed by atoms with Gasteiger partial charge in [0.2, 0.25) is 5.91 Å². The maximum absolute atomic E-state index is 11.2. The van der Waals surface area contributed by atoms with Gasteiger partial charge in [0.15, 0.2) is 10.2 Å². The summed E-state index contributed by atoms with van der Waals surface area (Å²) in [6, 6.07) is 3.55. The first-order valence-corrected chi connectivity index (χ1v) is 7.34. The smallest absolute Gasteiger partial charge is 0.225 e. The largest absolute Gasteiger partial charge is 0.308 e. The van der Waals surface area contributed by atoms with Gasteiger partial charge in [-0.15, -0.1) is 0 Å². The minimum atomic E-state index is -0.153. The summed E-state index contributed by atoms with van der Waals surface area (Å²) in [4.78, 5) is 15.5. The molecule has 0 spiro atoms. The number of carbonyl (C=O) groups is 1. The molecule has 1 amide bonds. The number of amides is 1. The van der Waals surface area contributed by atoms with Crippen LogP contribution in [0.15, 0.2) is 12.1 Å². The first kappa shape index (κ1) is 14.5. The third kappa shape index (κ3) is 3.33. The van der Waals surface area contributed by atoms with Gasteiger partial charge in [-0.3, -0.25) is 4.79 Å². The minimum Gasteiger partial charge on any atom is -0.308 e. The monoisotopic (exact) mass is 333 g/mol. The Balaban J connectivity index is 2.20. The molecule has 19 heavy (non-hydrogen) atoms. The van der Waals surface area contributed by atoms with Gasteiger partial charge in [0.05, 0.1) is 14.7 Å². The van der Waals surface area contributed by atoms with Crippen LogP contribution in [0, 0.1) is 0 Å². The molecule has 0 aliphatic carbocycles. The van der Waals surface area contributed by atoms with Crippen molar-refractivity contribution in [3.63, 3.8) is 0 Å². The topological polar surface area (TPSA) is 54.0 Å². The lowest BCUT2D eigenvalue weighted by Gasteiger charge is -2.04. The number of benzene rings is 1. The zero-order valence-corrected chi connectivity index (χ0v) is 12.9. The van der Waals surface area contributed by atoms with Gasteiger partial charge < -0.3 is 10.6 Å². The second kappa shape index (κ2) is 6.00. The number of anilines is 1. The van der Waals surface area contributed by atoms with Crippen molar-refractivity contribution in [2.45, 2.75) is 13.3 Å². The number of thiazole rings is 1. The summed E-state index contributed by atoms with van der Waals surface area (Å²) >= 11 is 18.4. The van der Waals surface area contributed by atoms with Gasteiger partial charge in [-0.1, -0.05) is 41.5 Å². The molecule has 0 saturated heterocycles. The molecule has 1 aromatic heterocycles. The predicted octanol–water partition coefficient (Wildman–Crippen LogP) is 3.83. The van der Waals surface area contributed by atoms with Crippen LogP contribution in [0.4, 0.5) is 5.13 Å². The number of carbonyl (C=O) groups excluding carboxylic acids is 1. The van der Waals surface area contributed by atoms with E-state index in [0.29, 0.717) is 27.1 Å². The van der Waals surface area contributed by atoms with E-state index in [-0.39, 0.29) is 11.0 Å². The van der Waals surface area contributed by atoms with Crippen LogP contribution in [-0.2, 0) is 4.79 Å². The first-order chi connectivity index (χ1) is 9.01. The highest BCUT2D eigenvalue weighted by Gasteiger charge is 2.11. The third-order valence-corrected chi connectivity index (χ3v) is 4.18. The fourth-order valence-corrected chi connectivity index (χ4v) is 2.90. The Morgan fingerprint density at radius 3 is 2.89 bits per heavy atom. The summed E-state index contributed by atoms with van der Waals surface area (Å²) in [5.74, 6) is -0.153. The van der Waals surface area contributed by atoms with E-state index in [1.54, 1.807) is 13.0 Å². The van der Waals surface area contributed by atoms with Crippen molar-refractivity contribution in [3.8, 4) is 0 Å². The predicted molar refractivity (Wildman–Crippen MR) is 84.3 cm³/mol. The van der Waals surface area contributed by atoms with Crippen molar-refractivity contribution in [3.05, 3.63) is 22.2 Å². The van der Waals surface area contributed by atoms with E-state index in [1.807, 2.05) is 6.07 Å². The van der Waals surface area contributed by atoms with E-state index >= 15 is 0 Å². The molecule has 0 aliphatic rings. The molecule has 100 valence electrons. The van der Waals surface area contributed by atoms with E-state index in [0.717, 1.165) is 4.70 Å². The Morgan fingerprint density at radius 1 is 1.47 bits per heavy atom. The van der Waals surface area contributed by atoms with Crippen LogP contribution in [0.3, 0.4) is 0 Å². The lowest BCUT2D eigenvalue weighted by molar-refractivity contribution is -0.119. The van der Waals surface area contributed by atoms with Gasteiger partial charge in [0, 0.05) is 6.42 Å². The molecule has 0 unspecified atom stereocenters. The first-order valence-electron chi connectivity index (χ1n) is 5.36. The molecule has 1 heterocycles. The normalized spacial score (nSPS) is 10.5. The van der Waals surface area contributed by atoms with Crippen molar-refractivity contribution in [1.29, 1.82) is 0 Å². The summed E-state index contributed by atoms with van der Waals surface area (Å²) in [6.45, 7) is 1.75. The average molecular weight is 334 g/mol. The Bertz CT molecular complexity index is 657. The third-order valence-electron chi connectivity index (χ3n) is 2.25. The van der Waals surface area contributed by atoms with Gasteiger partial charge in [0.1, 0.15) is 5.52 Å². The maximum Gasteiger partial charge on any atom is 0.225 e. The molecule has 0 bridgehead atoms. The minimum absolute atomic E-state index is 0.153. The van der Waals surface area contributed by atoms with E-state index < -0.39 is 0 Å². The molecule has 0 radical (unpaired) electrons. The summed E-state index contributed by atoms with van der Waals surface area (Å²) in [5, 5.41) is 7.02. The average Bonchev–Trinajstić information content (AvgIpc) is 2.77. The van der Waals surface area contributed by atoms with E-state index in [1.165, 1.54) is 11.3 Å². The van der Waals surface area contributed by atoms with Crippen LogP contribution >= 0.6 is 46.8 Å². The van der Waals surface area contributed by atoms with Crippen molar-refractivity contribution >= 4 is 73.1 Å². The quantitative estimate of drug-likeness (QED) is 0.820. The Hall–Kier alpha value is -0.950. The van der Waals surface area contributed by atoms with Crippen molar-refractivity contribution in [2.75, 3.05) is 5.32 Å². The van der Waals surface area contributed by atoms with Crippen LogP contribution in [-0.4, -0.2) is 16.0 Å². The fourth-order valence-electron chi connectivity index (χ4n) is 1.33. The highest BCUT2D eigenvalue weighted by Crippen LogP contribution is 2.35. The van der Waals surface area contributed by atoms with Crippen LogP contribution < -0.4 is 10.6 Å². The van der Waals surface area contributed by atoms with Gasteiger partial charge in [0.25, 0.3) is 0 Å². The van der Waals surface area contributed by atoms with Crippen LogP contribution in [0.1, 0.15) is 13.3 Å². The van der Waals surface area contributed by atoms with Crippen molar-refractivity contribution < 1.29 is 4.79 Å². The molecule has 0 aliphatic heterocycles. The highest BCUT2D eigenvalue weighted by molar-refractivity contribution is 7.80. The second-order valence-electron chi connectivity index (χ2n) is 3.58. The number of thiocarbonyl (C=S) groups is 1. The van der Waals surface area contributed by atoms with Crippen molar-refractivity contribution in [1.82, 2.24) is 10.3 Å². The Morgan fingerprint density at radius 2 is 2.21 bits per heavy atom. The summed E-state index contributed by atoms with van der Waals surface area (Å²) in [5.41, 5.74) is 0.617. The Kier molecular flexibility index (Phi) is 4.57. The van der Waals surface area contributed by atoms with Gasteiger partial charge in [-0.05, 0) is 24.4 Å². The van der Waals surface area contributed by atoms with Gasteiger partial charge in [-0.2, -0.15) is 0 Å². The molecule has 4 nitrogen and oxygen atoms in total. The number of rotatable bonds is 2. The molecule has 0 fully saturated rings. The van der Waals surface area contributed by atoms with Crippen LogP contribution in [0.2, 0.25) is 10.0 Å². The molecule has 8 heteroatoms. The second-order valence-corrected chi connectivity index (χ2v) is 5.81. The fraction of sp³-hybridized carbons (Fsp3) is 0.182. The number of nitrogens with zero attached hydrogens (tertiary/aromatic N) is 1. The molecule has 2 rings (SSSR count). The molecule has 0 atom stereocenters. The summed E-state index contributed by atoms with van der Waals surface area (Å²) < 4.78 is 0.890. The molecule has 1 aromatic carbocycles. The van der Waals surface area contributed by atoms with Gasteiger partial charge in [-0.25, -0.2) is 4.98 Å². The van der Waals surface area contributed by atoms with E-state index in [4.69, 9.17) is 35.4 Å². The highest BCUT2D eigenvalue weighted by atomic mass is 35.5. The zero-order chi connectivity index (χ0) is 14.0. The summed E-state index contributed by atoms with van der Waals surface area (Å²) in [7, 11) is 0. The van der Waals surface area contributed by atoms with Crippen molar-refractivity contribution in [2.24, 2.45) is 0 Å². The lowest BCUT2D eigenvalue weighted by atomic mass is 10.3. The molecule has 0 saturated carbocycles.